The molecule has 10 nitrogen and oxygen atoms in total. The normalized spacial score (nSPS) is 12.1. The van der Waals surface area contributed by atoms with Gasteiger partial charge in [0.2, 0.25) is 0 Å². The molecule has 0 unspecified atom stereocenters. The molecule has 4 aromatic heterocycles. The van der Waals surface area contributed by atoms with Crippen LogP contribution in [0.2, 0.25) is 30.7 Å². The van der Waals surface area contributed by atoms with Crippen LogP contribution in [0.15, 0.2) is 37.1 Å². The van der Waals surface area contributed by atoms with Crippen LogP contribution in [0.4, 0.5) is 21.7 Å². The molecule has 2 N–H and O–H groups in total. The molecule has 1 aromatic carbocycles. The number of fused-ring (bicyclic) bond motifs is 2. The quantitative estimate of drug-likeness (QED) is 0.191. The highest BCUT2D eigenvalue weighted by Gasteiger charge is 2.26. The molecule has 0 spiro atoms. The van der Waals surface area contributed by atoms with Gasteiger partial charge in [-0.15, -0.1) is 0 Å². The molecule has 0 saturated heterocycles. The van der Waals surface area contributed by atoms with Crippen molar-refractivity contribution in [2.45, 2.75) is 32.4 Å². The zero-order chi connectivity index (χ0) is 26.3. The molecule has 0 aliphatic carbocycles. The Balaban J connectivity index is 1.52. The highest BCUT2D eigenvalue weighted by Crippen LogP contribution is 2.43. The molecule has 0 aliphatic rings. The lowest BCUT2D eigenvalue weighted by atomic mass is 10.0. The topological polar surface area (TPSA) is 101 Å². The van der Waals surface area contributed by atoms with Crippen molar-refractivity contribution < 1.29 is 9.13 Å². The molecule has 5 aromatic rings. The summed E-state index contributed by atoms with van der Waals surface area (Å²) in [6, 6.07) is 2.86. The Morgan fingerprint density at radius 1 is 1.24 bits per heavy atom. The Morgan fingerprint density at radius 2 is 2.05 bits per heavy atom. The van der Waals surface area contributed by atoms with Crippen molar-refractivity contribution in [3.63, 3.8) is 0 Å². The summed E-state index contributed by atoms with van der Waals surface area (Å²) >= 11 is 6.68. The molecular formula is C24H29ClFN9OSi. The van der Waals surface area contributed by atoms with E-state index in [0.29, 0.717) is 46.1 Å². The predicted molar refractivity (Wildman–Crippen MR) is 147 cm³/mol. The minimum absolute atomic E-state index is 0.0472. The van der Waals surface area contributed by atoms with E-state index in [-0.39, 0.29) is 17.4 Å². The number of hydrogen-bond acceptors (Lipinski definition) is 7. The van der Waals surface area contributed by atoms with Crippen molar-refractivity contribution in [1.29, 1.82) is 0 Å². The molecule has 0 atom stereocenters. The number of benzene rings is 1. The van der Waals surface area contributed by atoms with E-state index >= 15 is 4.39 Å². The maximum absolute atomic E-state index is 16.0. The lowest BCUT2D eigenvalue weighted by molar-refractivity contribution is 0.0797. The van der Waals surface area contributed by atoms with Gasteiger partial charge in [-0.3, -0.25) is 10.1 Å². The second-order valence-electron chi connectivity index (χ2n) is 10.0. The van der Waals surface area contributed by atoms with Crippen LogP contribution >= 0.6 is 11.6 Å². The van der Waals surface area contributed by atoms with E-state index < -0.39 is 13.9 Å². The maximum atomic E-state index is 16.0. The zero-order valence-electron chi connectivity index (χ0n) is 21.4. The second kappa shape index (κ2) is 9.76. The van der Waals surface area contributed by atoms with Crippen molar-refractivity contribution >= 4 is 53.5 Å². The van der Waals surface area contributed by atoms with Crippen LogP contribution in [-0.2, 0) is 11.5 Å². The van der Waals surface area contributed by atoms with Gasteiger partial charge in [0.05, 0.1) is 41.0 Å². The fourth-order valence-electron chi connectivity index (χ4n) is 4.17. The number of rotatable bonds is 9. The first-order valence-corrected chi connectivity index (χ1v) is 16.0. The molecule has 37 heavy (non-hydrogen) atoms. The second-order valence-corrected chi connectivity index (χ2v) is 16.0. The van der Waals surface area contributed by atoms with Gasteiger partial charge in [-0.2, -0.15) is 10.2 Å². The number of aromatic amines is 1. The molecule has 0 amide bonds. The van der Waals surface area contributed by atoms with Crippen LogP contribution in [-0.4, -0.2) is 63.1 Å². The minimum Gasteiger partial charge on any atom is -0.372 e. The zero-order valence-corrected chi connectivity index (χ0v) is 23.1. The first kappa shape index (κ1) is 25.2. The van der Waals surface area contributed by atoms with Crippen LogP contribution in [0.1, 0.15) is 0 Å². The van der Waals surface area contributed by atoms with Gasteiger partial charge in [-0.05, 0) is 6.04 Å². The predicted octanol–water partition coefficient (Wildman–Crippen LogP) is 5.38. The Hall–Kier alpha value is -3.48. The summed E-state index contributed by atoms with van der Waals surface area (Å²) in [4.78, 5) is 10.6. The van der Waals surface area contributed by atoms with Gasteiger partial charge in [0.1, 0.15) is 24.1 Å². The molecule has 194 valence electrons. The molecule has 0 fully saturated rings. The van der Waals surface area contributed by atoms with Gasteiger partial charge in [0, 0.05) is 52.0 Å². The van der Waals surface area contributed by atoms with Crippen LogP contribution in [0.5, 0.6) is 0 Å². The minimum atomic E-state index is -1.21. The average molecular weight is 542 g/mol. The van der Waals surface area contributed by atoms with Gasteiger partial charge < -0.3 is 19.4 Å². The lowest BCUT2D eigenvalue weighted by Crippen LogP contribution is -2.23. The highest BCUT2D eigenvalue weighted by molar-refractivity contribution is 6.76. The van der Waals surface area contributed by atoms with Crippen molar-refractivity contribution in [2.24, 2.45) is 0 Å². The Kier molecular flexibility index (Phi) is 6.64. The first-order chi connectivity index (χ1) is 17.7. The summed E-state index contributed by atoms with van der Waals surface area (Å²) in [6.45, 7) is 7.83. The third-order valence-corrected chi connectivity index (χ3v) is 8.26. The summed E-state index contributed by atoms with van der Waals surface area (Å²) in [7, 11) is 2.35. The van der Waals surface area contributed by atoms with Crippen molar-refractivity contribution in [3.05, 3.63) is 47.9 Å². The summed E-state index contributed by atoms with van der Waals surface area (Å²) in [6.07, 6.45) is 8.51. The third kappa shape index (κ3) is 4.79. The summed E-state index contributed by atoms with van der Waals surface area (Å²) < 4.78 is 25.4. The summed E-state index contributed by atoms with van der Waals surface area (Å²) in [5, 5.41) is 15.1. The molecule has 0 saturated carbocycles. The number of anilines is 3. The van der Waals surface area contributed by atoms with Crippen LogP contribution in [0.3, 0.4) is 0 Å². The van der Waals surface area contributed by atoms with Crippen LogP contribution < -0.4 is 10.2 Å². The maximum Gasteiger partial charge on any atom is 0.168 e. The van der Waals surface area contributed by atoms with Crippen molar-refractivity contribution in [2.75, 3.05) is 30.9 Å². The van der Waals surface area contributed by atoms with Crippen molar-refractivity contribution in [3.8, 4) is 11.3 Å². The molecule has 5 rings (SSSR count). The first-order valence-electron chi connectivity index (χ1n) is 11.9. The van der Waals surface area contributed by atoms with Gasteiger partial charge in [-0.25, -0.2) is 14.1 Å². The lowest BCUT2D eigenvalue weighted by Gasteiger charge is -2.23. The number of halogens is 2. The fourth-order valence-corrected chi connectivity index (χ4v) is 5.21. The molecule has 4 heterocycles. The molecule has 0 radical (unpaired) electrons. The highest BCUT2D eigenvalue weighted by atomic mass is 35.5. The van der Waals surface area contributed by atoms with Gasteiger partial charge in [0.15, 0.2) is 11.5 Å². The number of nitrogens with one attached hydrogen (secondary N) is 2. The molecule has 0 aliphatic heterocycles. The standard InChI is InChI=1S/C24H29ClFN9OSi/c1-27-17-13-34-12-16(28-11-18(34)31-17)20-15-10-29-32-23(15)24(22(26)21(20)25)33(2)19-6-7-30-35(19)14-36-8-9-37(3,4)5/h6-7,10-13,27H,8-9,14H2,1-5H3,(H,29,32). The summed E-state index contributed by atoms with van der Waals surface area (Å²) in [5.41, 5.74) is 2.36. The van der Waals surface area contributed by atoms with Gasteiger partial charge >= 0.3 is 0 Å². The molecule has 0 bridgehead atoms. The molecule has 13 heteroatoms. The Morgan fingerprint density at radius 3 is 2.81 bits per heavy atom. The number of ether oxygens (including phenoxy) is 1. The number of hydrogen-bond donors (Lipinski definition) is 2. The summed E-state index contributed by atoms with van der Waals surface area (Å²) in [5.74, 6) is 0.763. The van der Waals surface area contributed by atoms with E-state index in [0.717, 1.165) is 6.04 Å². The fraction of sp³-hybridized carbons (Fsp3) is 0.333. The van der Waals surface area contributed by atoms with Crippen LogP contribution in [0.25, 0.3) is 27.8 Å². The van der Waals surface area contributed by atoms with Crippen molar-refractivity contribution in [1.82, 2.24) is 34.3 Å². The number of nitrogens with zero attached hydrogens (tertiary/aromatic N) is 7. The van der Waals surface area contributed by atoms with Gasteiger partial charge in [0.25, 0.3) is 0 Å². The van der Waals surface area contributed by atoms with E-state index in [1.165, 1.54) is 0 Å². The monoisotopic (exact) mass is 541 g/mol. The largest absolute Gasteiger partial charge is 0.372 e. The Bertz CT molecular complexity index is 1570. The molecular weight excluding hydrogens is 513 g/mol. The number of H-pyrrole nitrogens is 1. The SMILES string of the molecule is CNc1cn2cc(-c3c(Cl)c(F)c(N(C)c4ccnn4COCC[Si](C)(C)C)c4[nH]ncc34)ncc2n1. The number of imidazole rings is 1. The average Bonchev–Trinajstić information content (AvgIpc) is 3.60. The Labute approximate surface area is 219 Å². The third-order valence-electron chi connectivity index (χ3n) is 6.20. The van der Waals surface area contributed by atoms with E-state index in [9.17, 15) is 0 Å². The number of aromatic nitrogens is 7. The smallest absolute Gasteiger partial charge is 0.168 e. The van der Waals surface area contributed by atoms with E-state index in [1.54, 1.807) is 54.5 Å². The van der Waals surface area contributed by atoms with Crippen LogP contribution in [0, 0.1) is 5.82 Å². The van der Waals surface area contributed by atoms with E-state index in [4.69, 9.17) is 16.3 Å². The van der Waals surface area contributed by atoms with Gasteiger partial charge in [-0.1, -0.05) is 31.2 Å². The van der Waals surface area contributed by atoms with E-state index in [2.05, 4.69) is 50.2 Å². The van der Waals surface area contributed by atoms with E-state index in [1.807, 2.05) is 10.6 Å².